The molecular formula is C18H17NO4S2. The smallest absolute Gasteiger partial charge is 0.258 e. The van der Waals surface area contributed by atoms with Crippen molar-refractivity contribution < 1.29 is 13.3 Å². The van der Waals surface area contributed by atoms with Gasteiger partial charge in [0.1, 0.15) is 0 Å². The van der Waals surface area contributed by atoms with E-state index in [-0.39, 0.29) is 9.80 Å². The second-order valence-electron chi connectivity index (χ2n) is 5.24. The maximum atomic E-state index is 12.9. The molecule has 0 radical (unpaired) electrons. The predicted molar refractivity (Wildman–Crippen MR) is 101 cm³/mol. The van der Waals surface area contributed by atoms with E-state index in [0.717, 1.165) is 17.3 Å². The maximum absolute atomic E-state index is 12.9. The summed E-state index contributed by atoms with van der Waals surface area (Å²) in [6.45, 7) is 1.86. The van der Waals surface area contributed by atoms with Gasteiger partial charge in [0.15, 0.2) is 4.91 Å². The van der Waals surface area contributed by atoms with Gasteiger partial charge in [-0.25, -0.2) is 8.42 Å². The summed E-state index contributed by atoms with van der Waals surface area (Å²) in [6.07, 6.45) is 2.94. The molecule has 0 N–H and O–H groups in total. The predicted octanol–water partition coefficient (Wildman–Crippen LogP) is 4.29. The summed E-state index contributed by atoms with van der Waals surface area (Å²) in [7, 11) is -4.01. The van der Waals surface area contributed by atoms with Gasteiger partial charge in [-0.05, 0) is 36.3 Å². The number of hydrogen-bond donors (Lipinski definition) is 0. The Morgan fingerprint density at radius 2 is 1.80 bits per heavy atom. The first-order valence-corrected chi connectivity index (χ1v) is 10.1. The van der Waals surface area contributed by atoms with E-state index in [0.29, 0.717) is 5.56 Å². The zero-order chi connectivity index (χ0) is 18.4. The number of nitrogens with zero attached hydrogens (tertiary/aromatic N) is 1. The number of sulfone groups is 1. The molecule has 0 heterocycles. The van der Waals surface area contributed by atoms with E-state index in [1.807, 2.05) is 13.0 Å². The first-order valence-electron chi connectivity index (χ1n) is 7.32. The van der Waals surface area contributed by atoms with Gasteiger partial charge in [0.2, 0.25) is 9.84 Å². The van der Waals surface area contributed by atoms with Crippen molar-refractivity contribution in [3.8, 4) is 0 Å². The molecule has 0 aliphatic rings. The highest BCUT2D eigenvalue weighted by molar-refractivity contribution is 8.03. The Morgan fingerprint density at radius 1 is 1.12 bits per heavy atom. The van der Waals surface area contributed by atoms with Crippen LogP contribution in [0.4, 0.5) is 0 Å². The Labute approximate surface area is 151 Å². The molecule has 0 saturated heterocycles. The molecule has 25 heavy (non-hydrogen) atoms. The molecule has 130 valence electrons. The van der Waals surface area contributed by atoms with Gasteiger partial charge < -0.3 is 0 Å². The maximum Gasteiger partial charge on any atom is 0.289 e. The SMILES string of the molecule is CS/C=C(\C(=C/c1cccc(C)c1)[N+](=O)[O-])S(=O)(=O)c1ccccc1. The molecule has 0 bridgehead atoms. The van der Waals surface area contributed by atoms with E-state index >= 15 is 0 Å². The zero-order valence-electron chi connectivity index (χ0n) is 13.7. The summed E-state index contributed by atoms with van der Waals surface area (Å²) in [5, 5.41) is 12.9. The third kappa shape index (κ3) is 4.58. The molecule has 0 aromatic heterocycles. The molecule has 0 fully saturated rings. The average Bonchev–Trinajstić information content (AvgIpc) is 2.58. The summed E-state index contributed by atoms with van der Waals surface area (Å²) < 4.78 is 25.8. The fraction of sp³-hybridized carbons (Fsp3) is 0.111. The number of benzene rings is 2. The van der Waals surface area contributed by atoms with Crippen molar-refractivity contribution in [3.05, 3.63) is 91.8 Å². The average molecular weight is 375 g/mol. The van der Waals surface area contributed by atoms with Gasteiger partial charge in [-0.1, -0.05) is 48.0 Å². The van der Waals surface area contributed by atoms with E-state index in [2.05, 4.69) is 0 Å². The van der Waals surface area contributed by atoms with Crippen LogP contribution in [0.1, 0.15) is 11.1 Å². The van der Waals surface area contributed by atoms with Crippen molar-refractivity contribution in [3.63, 3.8) is 0 Å². The Bertz CT molecular complexity index is 933. The molecule has 2 rings (SSSR count). The highest BCUT2D eigenvalue weighted by atomic mass is 32.2. The number of aryl methyl sites for hydroxylation is 1. The molecule has 2 aromatic rings. The normalized spacial score (nSPS) is 12.9. The van der Waals surface area contributed by atoms with Crippen molar-refractivity contribution in [2.45, 2.75) is 11.8 Å². The summed E-state index contributed by atoms with van der Waals surface area (Å²) in [6, 6.07) is 14.8. The van der Waals surface area contributed by atoms with Crippen LogP contribution in [-0.2, 0) is 9.84 Å². The van der Waals surface area contributed by atoms with Gasteiger partial charge in [0, 0.05) is 6.08 Å². The largest absolute Gasteiger partial charge is 0.289 e. The molecule has 2 aromatic carbocycles. The molecule has 0 aliphatic carbocycles. The van der Waals surface area contributed by atoms with Crippen LogP contribution in [0.3, 0.4) is 0 Å². The second-order valence-corrected chi connectivity index (χ2v) is 7.86. The topological polar surface area (TPSA) is 77.3 Å². The van der Waals surface area contributed by atoms with Crippen LogP contribution >= 0.6 is 11.8 Å². The van der Waals surface area contributed by atoms with Gasteiger partial charge in [-0.2, -0.15) is 0 Å². The van der Waals surface area contributed by atoms with Crippen LogP contribution in [0.25, 0.3) is 6.08 Å². The molecule has 0 amide bonds. The third-order valence-electron chi connectivity index (χ3n) is 3.36. The van der Waals surface area contributed by atoms with Crippen molar-refractivity contribution in [1.29, 1.82) is 0 Å². The minimum absolute atomic E-state index is 0.0206. The van der Waals surface area contributed by atoms with Gasteiger partial charge in [0.25, 0.3) is 5.70 Å². The molecule has 0 aliphatic heterocycles. The number of nitro groups is 1. The lowest BCUT2D eigenvalue weighted by Crippen LogP contribution is -2.12. The van der Waals surface area contributed by atoms with Crippen LogP contribution in [0.15, 0.2) is 75.5 Å². The molecule has 0 saturated carbocycles. The number of thioether (sulfide) groups is 1. The van der Waals surface area contributed by atoms with Gasteiger partial charge >= 0.3 is 0 Å². The summed E-state index contributed by atoms with van der Waals surface area (Å²) in [4.78, 5) is 10.6. The van der Waals surface area contributed by atoms with E-state index < -0.39 is 20.5 Å². The van der Waals surface area contributed by atoms with E-state index in [1.165, 1.54) is 23.6 Å². The third-order valence-corrected chi connectivity index (χ3v) is 5.78. The monoisotopic (exact) mass is 375 g/mol. The zero-order valence-corrected chi connectivity index (χ0v) is 15.4. The standard InChI is InChI=1S/C18H17NO4S2/c1-14-7-6-8-15(11-14)12-17(19(20)21)18(13-24-2)25(22,23)16-9-4-3-5-10-16/h3-13H,1-2H3/b17-12+,18-13+. The second kappa shape index (κ2) is 8.13. The summed E-state index contributed by atoms with van der Waals surface area (Å²) in [5.74, 6) is 0. The van der Waals surface area contributed by atoms with Gasteiger partial charge in [-0.15, -0.1) is 11.8 Å². The fourth-order valence-corrected chi connectivity index (χ4v) is 4.53. The first-order chi connectivity index (χ1) is 11.9. The molecule has 5 nitrogen and oxygen atoms in total. The molecule has 0 unspecified atom stereocenters. The molecule has 0 spiro atoms. The van der Waals surface area contributed by atoms with Crippen molar-refractivity contribution in [1.82, 2.24) is 0 Å². The Hall–Kier alpha value is -2.38. The van der Waals surface area contributed by atoms with Crippen LogP contribution in [-0.4, -0.2) is 19.6 Å². The Morgan fingerprint density at radius 3 is 2.36 bits per heavy atom. The van der Waals surface area contributed by atoms with Crippen molar-refractivity contribution >= 4 is 27.7 Å². The lowest BCUT2D eigenvalue weighted by Gasteiger charge is -2.07. The van der Waals surface area contributed by atoms with E-state index in [9.17, 15) is 18.5 Å². The van der Waals surface area contributed by atoms with Crippen LogP contribution in [0, 0.1) is 17.0 Å². The lowest BCUT2D eigenvalue weighted by molar-refractivity contribution is -0.418. The van der Waals surface area contributed by atoms with Gasteiger partial charge in [0.05, 0.1) is 9.82 Å². The first kappa shape index (κ1) is 19.0. The van der Waals surface area contributed by atoms with E-state index in [1.54, 1.807) is 42.7 Å². The van der Waals surface area contributed by atoms with Crippen LogP contribution in [0.5, 0.6) is 0 Å². The molecule has 0 atom stereocenters. The minimum Gasteiger partial charge on any atom is -0.258 e. The minimum atomic E-state index is -4.01. The number of hydrogen-bond acceptors (Lipinski definition) is 5. The fourth-order valence-electron chi connectivity index (χ4n) is 2.23. The van der Waals surface area contributed by atoms with Crippen LogP contribution < -0.4 is 0 Å². The lowest BCUT2D eigenvalue weighted by atomic mass is 10.1. The van der Waals surface area contributed by atoms with Crippen molar-refractivity contribution in [2.24, 2.45) is 0 Å². The van der Waals surface area contributed by atoms with Crippen molar-refractivity contribution in [2.75, 3.05) is 6.26 Å². The van der Waals surface area contributed by atoms with Crippen LogP contribution in [0.2, 0.25) is 0 Å². The molecular weight excluding hydrogens is 358 g/mol. The Balaban J connectivity index is 2.64. The quantitative estimate of drug-likeness (QED) is 0.427. The Kier molecular flexibility index (Phi) is 6.17. The summed E-state index contributed by atoms with van der Waals surface area (Å²) >= 11 is 1.10. The van der Waals surface area contributed by atoms with E-state index in [4.69, 9.17) is 0 Å². The number of rotatable bonds is 6. The summed E-state index contributed by atoms with van der Waals surface area (Å²) in [5.41, 5.74) is 1.04. The van der Waals surface area contributed by atoms with Gasteiger partial charge in [-0.3, -0.25) is 10.1 Å². The highest BCUT2D eigenvalue weighted by Crippen LogP contribution is 2.29. The molecule has 7 heteroatoms. The highest BCUT2D eigenvalue weighted by Gasteiger charge is 2.31.